The number of anilines is 3. The average molecular weight is 535 g/mol. The first-order valence-electron chi connectivity index (χ1n) is 13.3. The van der Waals surface area contributed by atoms with Gasteiger partial charge in [-0.05, 0) is 76.2 Å². The van der Waals surface area contributed by atoms with Crippen molar-refractivity contribution in [1.29, 1.82) is 5.41 Å². The minimum absolute atomic E-state index is 0.0363. The minimum Gasteiger partial charge on any atom is -0.493 e. The number of nitrogens with two attached hydrogens (primary N) is 1. The summed E-state index contributed by atoms with van der Waals surface area (Å²) < 4.78 is 13.1. The second-order valence-corrected chi connectivity index (χ2v) is 9.87. The van der Waals surface area contributed by atoms with Crippen LogP contribution in [0.1, 0.15) is 38.7 Å². The monoisotopic (exact) mass is 534 g/mol. The fourth-order valence-corrected chi connectivity index (χ4v) is 4.47. The van der Waals surface area contributed by atoms with Crippen LogP contribution in [0.3, 0.4) is 0 Å². The Balaban J connectivity index is 1.58. The summed E-state index contributed by atoms with van der Waals surface area (Å²) in [5.74, 6) is 1.87. The number of benzene rings is 2. The van der Waals surface area contributed by atoms with Crippen LogP contribution in [0.2, 0.25) is 0 Å². The number of methoxy groups -OCH3 is 1. The fourth-order valence-electron chi connectivity index (χ4n) is 4.47. The molecule has 2 aromatic carbocycles. The number of hydrogen-bond acceptors (Lipinski definition) is 9. The molecular weight excluding hydrogens is 496 g/mol. The van der Waals surface area contributed by atoms with E-state index in [1.54, 1.807) is 25.3 Å². The Bertz CT molecular complexity index is 1280. The zero-order chi connectivity index (χ0) is 27.8. The van der Waals surface area contributed by atoms with E-state index in [0.717, 1.165) is 30.9 Å². The summed E-state index contributed by atoms with van der Waals surface area (Å²) in [6, 6.07) is 10.9. The van der Waals surface area contributed by atoms with E-state index >= 15 is 0 Å². The second kappa shape index (κ2) is 13.1. The Morgan fingerprint density at radius 1 is 1.13 bits per heavy atom. The summed E-state index contributed by atoms with van der Waals surface area (Å²) in [7, 11) is 1.56. The number of hydrogen-bond donors (Lipinski definition) is 4. The zero-order valence-electron chi connectivity index (χ0n) is 22.9. The topological polar surface area (TPSA) is 143 Å². The van der Waals surface area contributed by atoms with Gasteiger partial charge in [0.25, 0.3) is 5.91 Å². The Morgan fingerprint density at radius 3 is 2.64 bits per heavy atom. The fraction of sp³-hybridized carbons (Fsp3) is 0.429. The van der Waals surface area contributed by atoms with Gasteiger partial charge in [-0.1, -0.05) is 6.42 Å². The number of piperidine rings is 1. The van der Waals surface area contributed by atoms with Gasteiger partial charge in [0, 0.05) is 41.3 Å². The van der Waals surface area contributed by atoms with E-state index < -0.39 is 0 Å². The molecule has 2 heterocycles. The van der Waals surface area contributed by atoms with Gasteiger partial charge in [-0.15, -0.1) is 5.10 Å². The highest BCUT2D eigenvalue weighted by molar-refractivity contribution is 5.87. The van der Waals surface area contributed by atoms with Crippen LogP contribution < -0.4 is 25.8 Å². The number of carbonyl (C=O) groups excluding carboxylic acids is 1. The zero-order valence-corrected chi connectivity index (χ0v) is 22.9. The van der Waals surface area contributed by atoms with Crippen molar-refractivity contribution in [2.24, 2.45) is 0 Å². The van der Waals surface area contributed by atoms with E-state index in [0.29, 0.717) is 41.1 Å². The smallest absolute Gasteiger partial charge is 0.258 e. The molecule has 0 atom stereocenters. The lowest BCUT2D eigenvalue weighted by Crippen LogP contribution is -2.34. The molecule has 0 spiro atoms. The molecule has 0 aliphatic carbocycles. The Morgan fingerprint density at radius 2 is 1.92 bits per heavy atom. The standard InChI is InChI=1S/C28H38N8O3/c1-19(2)31-26(37)18-39-24-10-7-20(16-25(24)38-3)27-33-28(32-22-8-9-23(30)21(15-22)17-29)36(34-27)14-13-35-11-5-4-6-12-35/h7-10,15-17,19,29H,4-6,11-14,18,30H2,1-3H3,(H,31,37)(H,32,33,34). The Kier molecular flexibility index (Phi) is 9.37. The van der Waals surface area contributed by atoms with Gasteiger partial charge < -0.3 is 36.2 Å². The largest absolute Gasteiger partial charge is 0.493 e. The lowest BCUT2D eigenvalue weighted by Gasteiger charge is -2.26. The maximum Gasteiger partial charge on any atom is 0.258 e. The first kappa shape index (κ1) is 27.9. The highest BCUT2D eigenvalue weighted by atomic mass is 16.5. The van der Waals surface area contributed by atoms with Crippen molar-refractivity contribution in [2.45, 2.75) is 45.7 Å². The molecule has 0 bridgehead atoms. The maximum atomic E-state index is 12.0. The molecule has 1 saturated heterocycles. The third kappa shape index (κ3) is 7.47. The van der Waals surface area contributed by atoms with Gasteiger partial charge >= 0.3 is 0 Å². The highest BCUT2D eigenvalue weighted by Gasteiger charge is 2.17. The molecule has 1 aliphatic rings. The van der Waals surface area contributed by atoms with Crippen molar-refractivity contribution in [3.05, 3.63) is 42.0 Å². The van der Waals surface area contributed by atoms with Gasteiger partial charge in [0.05, 0.1) is 13.7 Å². The number of amides is 1. The molecule has 0 saturated carbocycles. The van der Waals surface area contributed by atoms with Gasteiger partial charge in [-0.3, -0.25) is 4.79 Å². The van der Waals surface area contributed by atoms with Crippen LogP contribution in [0.4, 0.5) is 17.3 Å². The number of nitrogen functional groups attached to an aromatic ring is 1. The van der Waals surface area contributed by atoms with Gasteiger partial charge in [0.1, 0.15) is 0 Å². The molecular formula is C28H38N8O3. The van der Waals surface area contributed by atoms with E-state index in [2.05, 4.69) is 15.5 Å². The summed E-state index contributed by atoms with van der Waals surface area (Å²) in [6.07, 6.45) is 4.96. The highest BCUT2D eigenvalue weighted by Crippen LogP contribution is 2.32. The second-order valence-electron chi connectivity index (χ2n) is 9.87. The number of aromatic nitrogens is 3. The number of nitrogens with zero attached hydrogens (tertiary/aromatic N) is 4. The van der Waals surface area contributed by atoms with Crippen molar-refractivity contribution in [3.8, 4) is 22.9 Å². The number of carbonyl (C=O) groups is 1. The molecule has 4 rings (SSSR count). The lowest BCUT2D eigenvalue weighted by atomic mass is 10.1. The molecule has 0 radical (unpaired) electrons. The molecule has 1 amide bonds. The van der Waals surface area contributed by atoms with Crippen LogP contribution in [-0.2, 0) is 11.3 Å². The SMILES string of the molecule is COc1cc(-c2nc(Nc3ccc(N)c(C=N)c3)n(CCN3CCCCC3)n2)ccc1OCC(=O)NC(C)C. The summed E-state index contributed by atoms with van der Waals surface area (Å²) in [4.78, 5) is 19.3. The molecule has 1 aliphatic heterocycles. The van der Waals surface area contributed by atoms with Crippen LogP contribution in [0.25, 0.3) is 11.4 Å². The van der Waals surface area contributed by atoms with Crippen LogP contribution in [0.15, 0.2) is 36.4 Å². The quantitative estimate of drug-likeness (QED) is 0.204. The molecule has 39 heavy (non-hydrogen) atoms. The van der Waals surface area contributed by atoms with E-state index in [1.807, 2.05) is 36.7 Å². The maximum absolute atomic E-state index is 12.0. The van der Waals surface area contributed by atoms with E-state index in [9.17, 15) is 4.79 Å². The van der Waals surface area contributed by atoms with Crippen molar-refractivity contribution < 1.29 is 14.3 Å². The van der Waals surface area contributed by atoms with Crippen molar-refractivity contribution in [2.75, 3.05) is 44.4 Å². The number of nitrogens with one attached hydrogen (secondary N) is 3. The van der Waals surface area contributed by atoms with Crippen LogP contribution in [0.5, 0.6) is 11.5 Å². The predicted octanol–water partition coefficient (Wildman–Crippen LogP) is 3.67. The summed E-state index contributed by atoms with van der Waals surface area (Å²) in [5.41, 5.74) is 8.66. The first-order valence-corrected chi connectivity index (χ1v) is 13.3. The summed E-state index contributed by atoms with van der Waals surface area (Å²) in [6.45, 7) is 7.43. The third-order valence-electron chi connectivity index (χ3n) is 6.48. The van der Waals surface area contributed by atoms with Gasteiger partial charge in [0.2, 0.25) is 5.95 Å². The van der Waals surface area contributed by atoms with Gasteiger partial charge in [0.15, 0.2) is 23.9 Å². The molecule has 0 unspecified atom stereocenters. The van der Waals surface area contributed by atoms with Crippen molar-refractivity contribution in [1.82, 2.24) is 25.0 Å². The Labute approximate surface area is 229 Å². The molecule has 208 valence electrons. The molecule has 1 fully saturated rings. The number of rotatable bonds is 12. The van der Waals surface area contributed by atoms with E-state index in [4.69, 9.17) is 30.7 Å². The number of ether oxygens (including phenoxy) is 2. The van der Waals surface area contributed by atoms with Gasteiger partial charge in [-0.2, -0.15) is 4.98 Å². The normalized spacial score (nSPS) is 13.7. The van der Waals surface area contributed by atoms with Crippen LogP contribution in [-0.4, -0.2) is 71.2 Å². The van der Waals surface area contributed by atoms with Crippen molar-refractivity contribution in [3.63, 3.8) is 0 Å². The molecule has 5 N–H and O–H groups in total. The molecule has 11 heteroatoms. The molecule has 3 aromatic rings. The molecule has 11 nitrogen and oxygen atoms in total. The summed E-state index contributed by atoms with van der Waals surface area (Å²) >= 11 is 0. The minimum atomic E-state index is -0.199. The van der Waals surface area contributed by atoms with Gasteiger partial charge in [-0.25, -0.2) is 4.68 Å². The first-order chi connectivity index (χ1) is 18.9. The van der Waals surface area contributed by atoms with E-state index in [1.165, 1.54) is 25.5 Å². The molecule has 1 aromatic heterocycles. The van der Waals surface area contributed by atoms with Crippen molar-refractivity contribution >= 4 is 29.4 Å². The lowest BCUT2D eigenvalue weighted by molar-refractivity contribution is -0.123. The third-order valence-corrected chi connectivity index (χ3v) is 6.48. The van der Waals surface area contributed by atoms with Crippen LogP contribution in [0, 0.1) is 5.41 Å². The summed E-state index contributed by atoms with van der Waals surface area (Å²) in [5, 5.41) is 18.6. The average Bonchev–Trinajstić information content (AvgIpc) is 3.34. The predicted molar refractivity (Wildman–Crippen MR) is 153 cm³/mol. The van der Waals surface area contributed by atoms with E-state index in [-0.39, 0.29) is 18.6 Å². The number of likely N-dealkylation sites (tertiary alicyclic amines) is 1. The van der Waals surface area contributed by atoms with Crippen LogP contribution >= 0.6 is 0 Å². The Hall–Kier alpha value is -4.12.